The molecule has 6 nitrogen and oxygen atoms in total. The topological polar surface area (TPSA) is 51.2 Å². The number of hydrogen-bond donors (Lipinski definition) is 0. The van der Waals surface area contributed by atoms with Gasteiger partial charge in [-0.15, -0.1) is 0 Å². The van der Waals surface area contributed by atoms with Gasteiger partial charge in [-0.25, -0.2) is 0 Å². The third kappa shape index (κ3) is 4.45. The Labute approximate surface area is 184 Å². The largest absolute Gasteiger partial charge is 0.478 e. The molecule has 0 aromatic heterocycles. The van der Waals surface area contributed by atoms with Gasteiger partial charge in [0.25, 0.3) is 0 Å². The highest BCUT2D eigenvalue weighted by Crippen LogP contribution is 2.42. The van der Waals surface area contributed by atoms with Crippen molar-refractivity contribution in [3.8, 4) is 11.5 Å². The fraction of sp³-hybridized carbons (Fsp3) is 0.400. The maximum absolute atomic E-state index is 13.0. The summed E-state index contributed by atoms with van der Waals surface area (Å²) in [6.07, 6.45) is 2.75. The van der Waals surface area contributed by atoms with Gasteiger partial charge in [0.15, 0.2) is 5.76 Å². The highest BCUT2D eigenvalue weighted by atomic mass is 16.5. The minimum Gasteiger partial charge on any atom is -0.478 e. The molecule has 2 aliphatic heterocycles. The van der Waals surface area contributed by atoms with Crippen molar-refractivity contribution in [2.75, 3.05) is 45.0 Å². The number of hydrogen-bond acceptors (Lipinski definition) is 6. The second kappa shape index (κ2) is 9.54. The second-order valence-corrected chi connectivity index (χ2v) is 7.79. The van der Waals surface area contributed by atoms with Gasteiger partial charge < -0.3 is 19.1 Å². The molecular weight excluding hydrogens is 392 g/mol. The van der Waals surface area contributed by atoms with Crippen molar-refractivity contribution in [2.45, 2.75) is 26.8 Å². The molecule has 2 heterocycles. The molecule has 0 saturated heterocycles. The van der Waals surface area contributed by atoms with Crippen LogP contribution < -0.4 is 14.4 Å². The molecule has 2 aliphatic rings. The zero-order chi connectivity index (χ0) is 21.8. The Morgan fingerprint density at radius 1 is 1.13 bits per heavy atom. The van der Waals surface area contributed by atoms with E-state index in [1.165, 1.54) is 5.69 Å². The minimum atomic E-state index is -0.0814. The fourth-order valence-corrected chi connectivity index (χ4v) is 4.10. The Hall–Kier alpha value is -2.83. The lowest BCUT2D eigenvalue weighted by Gasteiger charge is -2.29. The second-order valence-electron chi connectivity index (χ2n) is 7.79. The van der Waals surface area contributed by atoms with E-state index in [4.69, 9.17) is 14.2 Å². The van der Waals surface area contributed by atoms with Gasteiger partial charge in [-0.1, -0.05) is 12.1 Å². The van der Waals surface area contributed by atoms with E-state index >= 15 is 0 Å². The number of Topliss-reactive ketones (excluding diaryl/α,β-unsaturated/α-hetero) is 1. The summed E-state index contributed by atoms with van der Waals surface area (Å²) in [4.78, 5) is 17.5. The molecule has 164 valence electrons. The fourth-order valence-electron chi connectivity index (χ4n) is 4.10. The van der Waals surface area contributed by atoms with Gasteiger partial charge in [0.05, 0.1) is 11.1 Å². The highest BCUT2D eigenvalue weighted by molar-refractivity contribution is 6.15. The Kier molecular flexibility index (Phi) is 6.59. The molecular formula is C25H30N2O4. The average molecular weight is 423 g/mol. The van der Waals surface area contributed by atoms with Crippen LogP contribution in [-0.2, 0) is 11.3 Å². The zero-order valence-corrected chi connectivity index (χ0v) is 18.5. The summed E-state index contributed by atoms with van der Waals surface area (Å²) in [6, 6.07) is 11.9. The van der Waals surface area contributed by atoms with E-state index in [2.05, 4.69) is 35.8 Å². The van der Waals surface area contributed by atoms with Crippen molar-refractivity contribution in [3.05, 3.63) is 58.8 Å². The maximum atomic E-state index is 13.0. The molecule has 2 aromatic rings. The Balaban J connectivity index is 1.54. The molecule has 0 radical (unpaired) electrons. The standard InChI is InChI=1S/C25H30N2O4/c1-4-27(5-2)19-9-7-18(8-10-19)15-23-24(28)20-11-12-22-21(25(20)31-23)16-26(17-30-22)13-6-14-29-3/h7-12,15H,4-6,13-14,16-17H2,1-3H3/b23-15-. The molecule has 0 unspecified atom stereocenters. The lowest BCUT2D eigenvalue weighted by molar-refractivity contribution is 0.0823. The van der Waals surface area contributed by atoms with Crippen LogP contribution in [0.25, 0.3) is 6.08 Å². The van der Waals surface area contributed by atoms with Crippen molar-refractivity contribution >= 4 is 17.5 Å². The van der Waals surface area contributed by atoms with Crippen molar-refractivity contribution in [2.24, 2.45) is 0 Å². The third-order valence-electron chi connectivity index (χ3n) is 5.82. The first-order chi connectivity index (χ1) is 15.1. The third-order valence-corrected chi connectivity index (χ3v) is 5.82. The lowest BCUT2D eigenvalue weighted by atomic mass is 10.0. The van der Waals surface area contributed by atoms with E-state index in [9.17, 15) is 4.79 Å². The molecule has 0 amide bonds. The van der Waals surface area contributed by atoms with Gasteiger partial charge in [-0.05, 0) is 56.2 Å². The van der Waals surface area contributed by atoms with E-state index in [-0.39, 0.29) is 5.78 Å². The summed E-state index contributed by atoms with van der Waals surface area (Å²) >= 11 is 0. The van der Waals surface area contributed by atoms with Gasteiger partial charge in [0, 0.05) is 45.6 Å². The summed E-state index contributed by atoms with van der Waals surface area (Å²) in [5.41, 5.74) is 3.66. The van der Waals surface area contributed by atoms with Crippen LogP contribution in [0.1, 0.15) is 41.8 Å². The van der Waals surface area contributed by atoms with E-state index in [1.54, 1.807) is 13.2 Å². The monoisotopic (exact) mass is 422 g/mol. The number of allylic oxidation sites excluding steroid dienone is 1. The van der Waals surface area contributed by atoms with Crippen LogP contribution in [0.15, 0.2) is 42.2 Å². The number of ketones is 1. The molecule has 0 bridgehead atoms. The highest BCUT2D eigenvalue weighted by Gasteiger charge is 2.33. The van der Waals surface area contributed by atoms with Crippen LogP contribution in [0.2, 0.25) is 0 Å². The summed E-state index contributed by atoms with van der Waals surface area (Å²) in [6.45, 7) is 9.02. The van der Waals surface area contributed by atoms with Gasteiger partial charge >= 0.3 is 0 Å². The van der Waals surface area contributed by atoms with Gasteiger partial charge in [0.1, 0.15) is 18.2 Å². The van der Waals surface area contributed by atoms with Gasteiger partial charge in [0.2, 0.25) is 5.78 Å². The number of nitrogens with zero attached hydrogens (tertiary/aromatic N) is 2. The number of ether oxygens (including phenoxy) is 3. The average Bonchev–Trinajstić information content (AvgIpc) is 3.11. The van der Waals surface area contributed by atoms with Crippen molar-refractivity contribution in [3.63, 3.8) is 0 Å². The molecule has 6 heteroatoms. The molecule has 0 N–H and O–H groups in total. The van der Waals surface area contributed by atoms with E-state index < -0.39 is 0 Å². The number of benzene rings is 2. The number of carbonyl (C=O) groups is 1. The SMILES string of the molecule is CCN(CC)c1ccc(/C=C2\Oc3c(ccc4c3CN(CCCOC)CO4)C2=O)cc1. The van der Waals surface area contributed by atoms with Crippen LogP contribution in [-0.4, -0.2) is 50.8 Å². The molecule has 0 fully saturated rings. The predicted molar refractivity (Wildman–Crippen MR) is 122 cm³/mol. The van der Waals surface area contributed by atoms with E-state index in [0.717, 1.165) is 42.9 Å². The number of carbonyl (C=O) groups excluding carboxylic acids is 1. The first-order valence-corrected chi connectivity index (χ1v) is 10.9. The van der Waals surface area contributed by atoms with E-state index in [0.29, 0.717) is 37.0 Å². The van der Waals surface area contributed by atoms with Crippen molar-refractivity contribution in [1.29, 1.82) is 0 Å². The molecule has 0 atom stereocenters. The lowest BCUT2D eigenvalue weighted by Crippen LogP contribution is -2.33. The van der Waals surface area contributed by atoms with Crippen LogP contribution in [0.3, 0.4) is 0 Å². The smallest absolute Gasteiger partial charge is 0.231 e. The number of methoxy groups -OCH3 is 1. The van der Waals surface area contributed by atoms with E-state index in [1.807, 2.05) is 24.3 Å². The number of fused-ring (bicyclic) bond motifs is 3. The molecule has 0 saturated carbocycles. The molecule has 0 spiro atoms. The van der Waals surface area contributed by atoms with Gasteiger partial charge in [-0.3, -0.25) is 9.69 Å². The molecule has 0 aliphatic carbocycles. The quantitative estimate of drug-likeness (QED) is 0.466. The Morgan fingerprint density at radius 3 is 2.61 bits per heavy atom. The Bertz CT molecular complexity index is 964. The maximum Gasteiger partial charge on any atom is 0.231 e. The summed E-state index contributed by atoms with van der Waals surface area (Å²) in [5, 5.41) is 0. The minimum absolute atomic E-state index is 0.0814. The molecule has 31 heavy (non-hydrogen) atoms. The number of rotatable bonds is 8. The van der Waals surface area contributed by atoms with Crippen LogP contribution >= 0.6 is 0 Å². The summed E-state index contributed by atoms with van der Waals surface area (Å²) in [7, 11) is 1.71. The first kappa shape index (κ1) is 21.4. The Morgan fingerprint density at radius 2 is 1.90 bits per heavy atom. The van der Waals surface area contributed by atoms with Crippen LogP contribution in [0.4, 0.5) is 5.69 Å². The molecule has 2 aromatic carbocycles. The number of anilines is 1. The van der Waals surface area contributed by atoms with Crippen molar-refractivity contribution in [1.82, 2.24) is 4.90 Å². The predicted octanol–water partition coefficient (Wildman–Crippen LogP) is 4.34. The zero-order valence-electron chi connectivity index (χ0n) is 18.5. The van der Waals surface area contributed by atoms with Crippen LogP contribution in [0.5, 0.6) is 11.5 Å². The molecule has 4 rings (SSSR count). The van der Waals surface area contributed by atoms with Crippen molar-refractivity contribution < 1.29 is 19.0 Å². The summed E-state index contributed by atoms with van der Waals surface area (Å²) < 4.78 is 17.1. The summed E-state index contributed by atoms with van der Waals surface area (Å²) in [5.74, 6) is 1.70. The van der Waals surface area contributed by atoms with Gasteiger partial charge in [-0.2, -0.15) is 0 Å². The first-order valence-electron chi connectivity index (χ1n) is 10.9. The normalized spacial score (nSPS) is 16.6. The van der Waals surface area contributed by atoms with Crippen LogP contribution in [0, 0.1) is 0 Å².